The Morgan fingerprint density at radius 3 is 2.48 bits per heavy atom. The number of amides is 3. The van der Waals surface area contributed by atoms with Crippen LogP contribution in [0.5, 0.6) is 0 Å². The highest BCUT2D eigenvalue weighted by Gasteiger charge is 2.47. The van der Waals surface area contributed by atoms with E-state index in [0.29, 0.717) is 38.2 Å². The largest absolute Gasteiger partial charge is 0.466 e. The lowest BCUT2D eigenvalue weighted by Gasteiger charge is -2.41. The Balaban J connectivity index is 1.46. The molecular formula is C23H33N5O5. The standard InChI is InChI=1S/C23H33N5O5/c1-4-33-21(31)15-9-11-27(12-10-15)19(29)17-13-18-20(30)26(3)23(2,14-28(18)25-17)22(32)24-16-7-5-6-8-16/h13,15-16H,4-12,14H2,1-3H3,(H,24,32)/t23-/m1/s1. The van der Waals surface area contributed by atoms with Gasteiger partial charge >= 0.3 is 5.97 Å². The molecule has 1 aromatic heterocycles. The Morgan fingerprint density at radius 1 is 1.18 bits per heavy atom. The number of nitrogens with one attached hydrogen (secondary N) is 1. The van der Waals surface area contributed by atoms with Crippen LogP contribution in [0.15, 0.2) is 6.07 Å². The van der Waals surface area contributed by atoms with Gasteiger partial charge in [-0.25, -0.2) is 0 Å². The van der Waals surface area contributed by atoms with E-state index in [1.54, 1.807) is 25.8 Å². The maximum atomic E-state index is 13.1. The number of ether oxygens (including phenoxy) is 1. The van der Waals surface area contributed by atoms with Crippen LogP contribution in [-0.2, 0) is 20.9 Å². The number of hydrogen-bond acceptors (Lipinski definition) is 6. The molecule has 33 heavy (non-hydrogen) atoms. The third-order valence-electron chi connectivity index (χ3n) is 7.30. The van der Waals surface area contributed by atoms with Gasteiger partial charge in [-0.3, -0.25) is 23.9 Å². The predicted octanol–water partition coefficient (Wildman–Crippen LogP) is 1.20. The van der Waals surface area contributed by atoms with Gasteiger partial charge in [0.15, 0.2) is 5.69 Å². The van der Waals surface area contributed by atoms with Gasteiger partial charge in [0, 0.05) is 32.2 Å². The van der Waals surface area contributed by atoms with Crippen LogP contribution < -0.4 is 5.32 Å². The van der Waals surface area contributed by atoms with Crippen LogP contribution in [0, 0.1) is 5.92 Å². The molecule has 0 bridgehead atoms. The third-order valence-corrected chi connectivity index (χ3v) is 7.30. The molecule has 1 saturated carbocycles. The molecule has 10 nitrogen and oxygen atoms in total. The number of nitrogens with zero attached hydrogens (tertiary/aromatic N) is 4. The summed E-state index contributed by atoms with van der Waals surface area (Å²) in [6.45, 7) is 4.90. The highest BCUT2D eigenvalue weighted by atomic mass is 16.5. The first-order valence-electron chi connectivity index (χ1n) is 11.9. The molecule has 3 amide bonds. The lowest BCUT2D eigenvalue weighted by Crippen LogP contribution is -2.63. The summed E-state index contributed by atoms with van der Waals surface area (Å²) >= 11 is 0. The Morgan fingerprint density at radius 2 is 1.85 bits per heavy atom. The summed E-state index contributed by atoms with van der Waals surface area (Å²) in [5, 5.41) is 7.50. The van der Waals surface area contributed by atoms with E-state index >= 15 is 0 Å². The molecule has 0 aromatic carbocycles. The van der Waals surface area contributed by atoms with Gasteiger partial charge in [0.2, 0.25) is 5.91 Å². The monoisotopic (exact) mass is 459 g/mol. The second-order valence-corrected chi connectivity index (χ2v) is 9.48. The van der Waals surface area contributed by atoms with Crippen molar-refractivity contribution in [1.82, 2.24) is 24.9 Å². The zero-order valence-electron chi connectivity index (χ0n) is 19.6. The molecule has 3 aliphatic rings. The molecule has 1 aromatic rings. The summed E-state index contributed by atoms with van der Waals surface area (Å²) in [4.78, 5) is 54.3. The smallest absolute Gasteiger partial charge is 0.309 e. The minimum atomic E-state index is -1.09. The van der Waals surface area contributed by atoms with Crippen LogP contribution in [-0.4, -0.2) is 81.6 Å². The van der Waals surface area contributed by atoms with Crippen LogP contribution in [0.3, 0.4) is 0 Å². The Hall–Kier alpha value is -2.91. The average Bonchev–Trinajstić information content (AvgIpc) is 3.47. The lowest BCUT2D eigenvalue weighted by atomic mass is 9.95. The summed E-state index contributed by atoms with van der Waals surface area (Å²) < 4.78 is 6.57. The molecule has 1 aliphatic carbocycles. The normalized spacial score (nSPS) is 24.0. The maximum absolute atomic E-state index is 13.1. The van der Waals surface area contributed by atoms with Gasteiger partial charge in [-0.05, 0) is 39.5 Å². The molecule has 10 heteroatoms. The summed E-state index contributed by atoms with van der Waals surface area (Å²) in [5.41, 5.74) is -0.605. The van der Waals surface area contributed by atoms with Gasteiger partial charge in [0.05, 0.1) is 19.1 Å². The fraction of sp³-hybridized carbons (Fsp3) is 0.696. The van der Waals surface area contributed by atoms with E-state index in [1.165, 1.54) is 15.6 Å². The van der Waals surface area contributed by atoms with Gasteiger partial charge < -0.3 is 19.9 Å². The number of carbonyl (C=O) groups is 4. The third kappa shape index (κ3) is 4.35. The van der Waals surface area contributed by atoms with E-state index < -0.39 is 5.54 Å². The first-order valence-corrected chi connectivity index (χ1v) is 11.9. The van der Waals surface area contributed by atoms with Gasteiger partial charge in [-0.15, -0.1) is 0 Å². The first kappa shape index (κ1) is 23.3. The molecule has 180 valence electrons. The Kier molecular flexibility index (Phi) is 6.45. The number of likely N-dealkylation sites (tertiary alicyclic amines) is 1. The van der Waals surface area contributed by atoms with Crippen molar-refractivity contribution in [2.75, 3.05) is 26.7 Å². The average molecular weight is 460 g/mol. The molecule has 2 aliphatic heterocycles. The Bertz CT molecular complexity index is 945. The van der Waals surface area contributed by atoms with Crippen molar-refractivity contribution in [3.05, 3.63) is 17.5 Å². The number of esters is 1. The minimum absolute atomic E-state index is 0.145. The number of carbonyl (C=O) groups excluding carboxylic acids is 4. The fourth-order valence-corrected chi connectivity index (χ4v) is 4.98. The van der Waals surface area contributed by atoms with Crippen LogP contribution >= 0.6 is 0 Å². The van der Waals surface area contributed by atoms with Crippen molar-refractivity contribution < 1.29 is 23.9 Å². The van der Waals surface area contributed by atoms with E-state index in [0.717, 1.165) is 25.7 Å². The Labute approximate surface area is 193 Å². The molecular weight excluding hydrogens is 426 g/mol. The molecule has 1 saturated heterocycles. The van der Waals surface area contributed by atoms with Crippen LogP contribution in [0.1, 0.15) is 73.3 Å². The van der Waals surface area contributed by atoms with E-state index in [2.05, 4.69) is 10.4 Å². The predicted molar refractivity (Wildman–Crippen MR) is 118 cm³/mol. The second kappa shape index (κ2) is 9.15. The van der Waals surface area contributed by atoms with E-state index in [4.69, 9.17) is 4.74 Å². The van der Waals surface area contributed by atoms with Crippen molar-refractivity contribution in [3.63, 3.8) is 0 Å². The van der Waals surface area contributed by atoms with Gasteiger partial charge in [-0.1, -0.05) is 12.8 Å². The van der Waals surface area contributed by atoms with Crippen LogP contribution in [0.4, 0.5) is 0 Å². The summed E-state index contributed by atoms with van der Waals surface area (Å²) in [5.74, 6) is -1.21. The van der Waals surface area contributed by atoms with Crippen molar-refractivity contribution in [1.29, 1.82) is 0 Å². The van der Waals surface area contributed by atoms with Gasteiger partial charge in [-0.2, -0.15) is 5.10 Å². The molecule has 0 unspecified atom stereocenters. The lowest BCUT2D eigenvalue weighted by molar-refractivity contribution is -0.149. The van der Waals surface area contributed by atoms with Crippen LogP contribution in [0.2, 0.25) is 0 Å². The van der Waals surface area contributed by atoms with E-state index in [-0.39, 0.29) is 47.9 Å². The van der Waals surface area contributed by atoms with Gasteiger partial charge in [0.25, 0.3) is 11.8 Å². The molecule has 2 fully saturated rings. The fourth-order valence-electron chi connectivity index (χ4n) is 4.98. The molecule has 4 rings (SSSR count). The van der Waals surface area contributed by atoms with Crippen molar-refractivity contribution in [2.45, 2.75) is 70.5 Å². The number of rotatable bonds is 5. The molecule has 3 heterocycles. The SMILES string of the molecule is CCOC(=O)C1CCN(C(=O)c2cc3n(n2)C[C@](C)(C(=O)NC2CCCC2)N(C)C3=O)CC1. The highest BCUT2D eigenvalue weighted by molar-refractivity contribution is 6.01. The van der Waals surface area contributed by atoms with Crippen molar-refractivity contribution >= 4 is 23.7 Å². The molecule has 0 spiro atoms. The molecule has 1 N–H and O–H groups in total. The number of hydrogen-bond donors (Lipinski definition) is 1. The first-order chi connectivity index (χ1) is 15.7. The highest BCUT2D eigenvalue weighted by Crippen LogP contribution is 2.28. The zero-order valence-corrected chi connectivity index (χ0v) is 19.6. The molecule has 0 radical (unpaired) electrons. The number of fused-ring (bicyclic) bond motifs is 1. The maximum Gasteiger partial charge on any atom is 0.309 e. The van der Waals surface area contributed by atoms with Crippen LogP contribution in [0.25, 0.3) is 0 Å². The number of aromatic nitrogens is 2. The zero-order chi connectivity index (χ0) is 23.8. The molecule has 1 atom stereocenters. The van der Waals surface area contributed by atoms with Crippen molar-refractivity contribution in [2.24, 2.45) is 5.92 Å². The second-order valence-electron chi connectivity index (χ2n) is 9.48. The number of piperidine rings is 1. The van der Waals surface area contributed by atoms with E-state index in [1.807, 2.05) is 0 Å². The topological polar surface area (TPSA) is 114 Å². The van der Waals surface area contributed by atoms with Gasteiger partial charge in [0.1, 0.15) is 11.2 Å². The summed E-state index contributed by atoms with van der Waals surface area (Å²) in [7, 11) is 1.62. The van der Waals surface area contributed by atoms with E-state index in [9.17, 15) is 19.2 Å². The summed E-state index contributed by atoms with van der Waals surface area (Å²) in [6.07, 6.45) is 5.19. The number of likely N-dealkylation sites (N-methyl/N-ethyl adjacent to an activating group) is 1. The van der Waals surface area contributed by atoms with Crippen molar-refractivity contribution in [3.8, 4) is 0 Å². The summed E-state index contributed by atoms with van der Waals surface area (Å²) in [6, 6.07) is 1.65. The quantitative estimate of drug-likeness (QED) is 0.662. The minimum Gasteiger partial charge on any atom is -0.466 e.